The van der Waals surface area contributed by atoms with E-state index in [1.54, 1.807) is 7.11 Å². The van der Waals surface area contributed by atoms with Gasteiger partial charge in [0.1, 0.15) is 6.61 Å². The van der Waals surface area contributed by atoms with Crippen molar-refractivity contribution in [2.75, 3.05) is 19.0 Å². The molecule has 1 aliphatic carbocycles. The van der Waals surface area contributed by atoms with Gasteiger partial charge in [-0.05, 0) is 48.8 Å². The maximum Gasteiger partial charge on any atom is 0.246 e. The van der Waals surface area contributed by atoms with E-state index < -0.39 is 0 Å². The molecule has 0 atom stereocenters. The second-order valence-electron chi connectivity index (χ2n) is 7.52. The van der Waals surface area contributed by atoms with Crippen molar-refractivity contribution in [1.29, 1.82) is 0 Å². The monoisotopic (exact) mass is 318 g/mol. The molecule has 0 saturated heterocycles. The molecule has 23 heavy (non-hydrogen) atoms. The van der Waals surface area contributed by atoms with Gasteiger partial charge in [-0.1, -0.05) is 32.9 Å². The average molecular weight is 318 g/mol. The molecule has 1 aliphatic rings. The number of carbonyl (C=O) groups is 1. The van der Waals surface area contributed by atoms with Gasteiger partial charge in [0.25, 0.3) is 0 Å². The number of methoxy groups -OCH3 is 1. The van der Waals surface area contributed by atoms with Gasteiger partial charge in [0, 0.05) is 24.9 Å². The Hall–Kier alpha value is -1.55. The zero-order valence-corrected chi connectivity index (χ0v) is 14.8. The summed E-state index contributed by atoms with van der Waals surface area (Å²) < 4.78 is 4.85. The highest BCUT2D eigenvalue weighted by atomic mass is 16.5. The van der Waals surface area contributed by atoms with Crippen molar-refractivity contribution in [3.8, 4) is 0 Å². The van der Waals surface area contributed by atoms with Crippen LogP contribution in [0.3, 0.4) is 0 Å². The molecule has 1 aromatic rings. The summed E-state index contributed by atoms with van der Waals surface area (Å²) >= 11 is 0. The topological polar surface area (TPSA) is 50.4 Å². The summed E-state index contributed by atoms with van der Waals surface area (Å²) in [6.45, 7) is 6.84. The van der Waals surface area contributed by atoms with Crippen molar-refractivity contribution in [3.63, 3.8) is 0 Å². The number of nitrogens with one attached hydrogen (secondary N) is 2. The minimum absolute atomic E-state index is 0.0123. The minimum atomic E-state index is -0.0123. The summed E-state index contributed by atoms with van der Waals surface area (Å²) in [6, 6.07) is 9.54. The maximum absolute atomic E-state index is 11.5. The lowest BCUT2D eigenvalue weighted by Gasteiger charge is -2.30. The number of carbonyl (C=O) groups excluding carboxylic acids is 1. The number of hydrogen-bond donors (Lipinski definition) is 2. The average Bonchev–Trinajstić information content (AvgIpc) is 2.49. The van der Waals surface area contributed by atoms with Crippen molar-refractivity contribution in [3.05, 3.63) is 29.8 Å². The van der Waals surface area contributed by atoms with Gasteiger partial charge in [0.05, 0.1) is 0 Å². The highest BCUT2D eigenvalue weighted by Crippen LogP contribution is 2.26. The molecule has 2 rings (SSSR count). The van der Waals surface area contributed by atoms with E-state index in [0.717, 1.165) is 25.7 Å². The first kappa shape index (κ1) is 17.8. The van der Waals surface area contributed by atoms with Crippen molar-refractivity contribution in [1.82, 2.24) is 5.32 Å². The quantitative estimate of drug-likeness (QED) is 0.874. The van der Waals surface area contributed by atoms with Crippen LogP contribution in [0.15, 0.2) is 24.3 Å². The molecule has 0 unspecified atom stereocenters. The lowest BCUT2D eigenvalue weighted by atomic mass is 9.87. The Bertz CT molecular complexity index is 497. The van der Waals surface area contributed by atoms with Gasteiger partial charge in [0.2, 0.25) is 5.91 Å². The molecule has 4 nitrogen and oxygen atoms in total. The molecule has 1 amide bonds. The molecule has 1 aromatic carbocycles. The Balaban J connectivity index is 1.79. The van der Waals surface area contributed by atoms with Gasteiger partial charge in [-0.3, -0.25) is 4.79 Å². The van der Waals surface area contributed by atoms with Crippen LogP contribution in [0.4, 0.5) is 5.69 Å². The Morgan fingerprint density at radius 3 is 2.17 bits per heavy atom. The molecular formula is C19H30N2O2. The van der Waals surface area contributed by atoms with Crippen molar-refractivity contribution in [2.45, 2.75) is 64.0 Å². The fourth-order valence-electron chi connectivity index (χ4n) is 3.08. The number of ether oxygens (including phenoxy) is 1. The van der Waals surface area contributed by atoms with Crippen molar-refractivity contribution >= 4 is 11.6 Å². The van der Waals surface area contributed by atoms with E-state index in [1.807, 2.05) is 0 Å². The van der Waals surface area contributed by atoms with Crippen LogP contribution in [0.1, 0.15) is 52.0 Å². The predicted octanol–water partition coefficient (Wildman–Crippen LogP) is 3.47. The molecule has 128 valence electrons. The number of hydrogen-bond acceptors (Lipinski definition) is 3. The van der Waals surface area contributed by atoms with E-state index in [1.165, 1.54) is 11.3 Å². The Morgan fingerprint density at radius 1 is 1.09 bits per heavy atom. The number of benzene rings is 1. The number of amides is 1. The van der Waals surface area contributed by atoms with Crippen LogP contribution in [-0.4, -0.2) is 31.7 Å². The molecule has 0 bridgehead atoms. The van der Waals surface area contributed by atoms with Gasteiger partial charge in [-0.2, -0.15) is 0 Å². The van der Waals surface area contributed by atoms with Crippen LogP contribution in [-0.2, 0) is 14.9 Å². The lowest BCUT2D eigenvalue weighted by molar-refractivity contribution is -0.125. The molecule has 1 fully saturated rings. The summed E-state index contributed by atoms with van der Waals surface area (Å²) in [4.78, 5) is 11.5. The maximum atomic E-state index is 11.5. The predicted molar refractivity (Wildman–Crippen MR) is 94.8 cm³/mol. The van der Waals surface area contributed by atoms with E-state index >= 15 is 0 Å². The van der Waals surface area contributed by atoms with Crippen LogP contribution in [0.25, 0.3) is 0 Å². The molecule has 2 N–H and O–H groups in total. The smallest absolute Gasteiger partial charge is 0.246 e. The van der Waals surface area contributed by atoms with E-state index in [2.05, 4.69) is 55.7 Å². The Labute approximate surface area is 140 Å². The second kappa shape index (κ2) is 7.82. The van der Waals surface area contributed by atoms with Gasteiger partial charge in [-0.25, -0.2) is 0 Å². The number of rotatable bonds is 5. The zero-order valence-electron chi connectivity index (χ0n) is 14.8. The largest absolute Gasteiger partial charge is 0.382 e. The summed E-state index contributed by atoms with van der Waals surface area (Å²) in [5, 5.41) is 6.66. The first-order valence-electron chi connectivity index (χ1n) is 8.54. The molecule has 1 saturated carbocycles. The molecule has 4 heteroatoms. The first-order chi connectivity index (χ1) is 10.9. The Kier molecular flexibility index (Phi) is 6.05. The van der Waals surface area contributed by atoms with Gasteiger partial charge >= 0.3 is 0 Å². The molecule has 0 aromatic heterocycles. The fraction of sp³-hybridized carbons (Fsp3) is 0.632. The molecule has 0 spiro atoms. The van der Waals surface area contributed by atoms with E-state index in [4.69, 9.17) is 4.74 Å². The van der Waals surface area contributed by atoms with Crippen LogP contribution in [0, 0.1) is 0 Å². The van der Waals surface area contributed by atoms with Crippen LogP contribution in [0.2, 0.25) is 0 Å². The number of anilines is 1. The molecule has 0 radical (unpaired) electrons. The Morgan fingerprint density at radius 2 is 1.65 bits per heavy atom. The van der Waals surface area contributed by atoms with Crippen LogP contribution in [0.5, 0.6) is 0 Å². The molecule has 0 heterocycles. The lowest BCUT2D eigenvalue weighted by Crippen LogP contribution is -2.41. The van der Waals surface area contributed by atoms with Crippen molar-refractivity contribution in [2.24, 2.45) is 0 Å². The first-order valence-corrected chi connectivity index (χ1v) is 8.54. The zero-order chi connectivity index (χ0) is 16.9. The summed E-state index contributed by atoms with van der Waals surface area (Å²) in [6.07, 6.45) is 4.21. The van der Waals surface area contributed by atoms with E-state index in [0.29, 0.717) is 12.1 Å². The summed E-state index contributed by atoms with van der Waals surface area (Å²) in [5.74, 6) is -0.0123. The minimum Gasteiger partial charge on any atom is -0.382 e. The summed E-state index contributed by atoms with van der Waals surface area (Å²) in [5.41, 5.74) is 2.73. The molecule has 0 aliphatic heterocycles. The van der Waals surface area contributed by atoms with E-state index in [9.17, 15) is 4.79 Å². The SMILES string of the molecule is COCC(=O)NC1CCC(Nc2ccc(C(C)(C)C)cc2)CC1. The van der Waals surface area contributed by atoms with Crippen LogP contribution < -0.4 is 10.6 Å². The summed E-state index contributed by atoms with van der Waals surface area (Å²) in [7, 11) is 1.55. The highest BCUT2D eigenvalue weighted by Gasteiger charge is 2.22. The van der Waals surface area contributed by atoms with Gasteiger partial charge < -0.3 is 15.4 Å². The third kappa shape index (κ3) is 5.54. The third-order valence-electron chi connectivity index (χ3n) is 4.49. The second-order valence-corrected chi connectivity index (χ2v) is 7.52. The van der Waals surface area contributed by atoms with Crippen LogP contribution >= 0.6 is 0 Å². The standard InChI is InChI=1S/C19H30N2O2/c1-19(2,3)14-5-7-15(8-6-14)20-16-9-11-17(12-10-16)21-18(22)13-23-4/h5-8,16-17,20H,9-13H2,1-4H3,(H,21,22). The van der Waals surface area contributed by atoms with Crippen molar-refractivity contribution < 1.29 is 9.53 Å². The van der Waals surface area contributed by atoms with E-state index in [-0.39, 0.29) is 17.9 Å². The highest BCUT2D eigenvalue weighted by molar-refractivity contribution is 5.77. The van der Waals surface area contributed by atoms with Gasteiger partial charge in [0.15, 0.2) is 0 Å². The van der Waals surface area contributed by atoms with Gasteiger partial charge in [-0.15, -0.1) is 0 Å². The molecular weight excluding hydrogens is 288 g/mol. The normalized spacial score (nSPS) is 21.7. The fourth-order valence-corrected chi connectivity index (χ4v) is 3.08. The third-order valence-corrected chi connectivity index (χ3v) is 4.49.